The molecule has 1 N–H and O–H groups in total. The molecule has 0 aliphatic heterocycles. The Bertz CT molecular complexity index is 811. The maximum absolute atomic E-state index is 4.75. The fourth-order valence-corrected chi connectivity index (χ4v) is 3.84. The molecule has 0 radical (unpaired) electrons. The third-order valence-corrected chi connectivity index (χ3v) is 5.49. The number of fused-ring (bicyclic) bond motifs is 1. The van der Waals surface area contributed by atoms with Gasteiger partial charge in [-0.15, -0.1) is 11.3 Å². The third-order valence-electron chi connectivity index (χ3n) is 3.62. The maximum atomic E-state index is 4.75. The number of thiophene rings is 1. The molecule has 0 fully saturated rings. The average molecular weight is 362 g/mol. The van der Waals surface area contributed by atoms with E-state index in [1.807, 2.05) is 25.2 Å². The number of benzene rings is 1. The minimum Gasteiger partial charge on any atom is -0.372 e. The quantitative estimate of drug-likeness (QED) is 0.734. The fraction of sp³-hybridized carbons (Fsp3) is 0.250. The van der Waals surface area contributed by atoms with Crippen LogP contribution in [0, 0.1) is 13.8 Å². The lowest BCUT2D eigenvalue weighted by atomic mass is 10.1. The smallest absolute Gasteiger partial charge is 0.138 e. The third kappa shape index (κ3) is 2.68. The molecule has 5 heteroatoms. The summed E-state index contributed by atoms with van der Waals surface area (Å²) in [6.45, 7) is 4.26. The topological polar surface area (TPSA) is 37.8 Å². The van der Waals surface area contributed by atoms with Gasteiger partial charge in [0.05, 0.1) is 5.39 Å². The lowest BCUT2D eigenvalue weighted by Crippen LogP contribution is -2.02. The predicted octanol–water partition coefficient (Wildman–Crippen LogP) is 4.70. The molecule has 2 aromatic heterocycles. The molecular weight excluding hydrogens is 346 g/mol. The number of aromatic nitrogens is 2. The predicted molar refractivity (Wildman–Crippen MR) is 93.4 cm³/mol. The summed E-state index contributed by atoms with van der Waals surface area (Å²) in [7, 11) is 1.91. The van der Waals surface area contributed by atoms with Crippen LogP contribution in [-0.4, -0.2) is 17.0 Å². The number of hydrogen-bond acceptors (Lipinski definition) is 4. The van der Waals surface area contributed by atoms with Crippen LogP contribution in [0.15, 0.2) is 28.7 Å². The molecule has 108 valence electrons. The Labute approximate surface area is 136 Å². The van der Waals surface area contributed by atoms with Gasteiger partial charge >= 0.3 is 0 Å². The van der Waals surface area contributed by atoms with Gasteiger partial charge in [0.15, 0.2) is 0 Å². The first-order valence-corrected chi connectivity index (χ1v) is 8.39. The Balaban J connectivity index is 2.10. The van der Waals surface area contributed by atoms with E-state index in [9.17, 15) is 0 Å². The average Bonchev–Trinajstić information content (AvgIpc) is 2.76. The highest BCUT2D eigenvalue weighted by atomic mass is 79.9. The highest BCUT2D eigenvalue weighted by molar-refractivity contribution is 9.10. The fourth-order valence-electron chi connectivity index (χ4n) is 2.37. The van der Waals surface area contributed by atoms with Gasteiger partial charge in [0.2, 0.25) is 0 Å². The van der Waals surface area contributed by atoms with Crippen molar-refractivity contribution < 1.29 is 0 Å². The molecule has 0 saturated carbocycles. The molecule has 2 heterocycles. The van der Waals surface area contributed by atoms with Crippen molar-refractivity contribution in [3.63, 3.8) is 0 Å². The number of hydrogen-bond donors (Lipinski definition) is 1. The molecule has 0 amide bonds. The van der Waals surface area contributed by atoms with Gasteiger partial charge in [0, 0.05) is 22.8 Å². The molecule has 0 bridgehead atoms. The van der Waals surface area contributed by atoms with Gasteiger partial charge in [-0.25, -0.2) is 9.97 Å². The Hall–Kier alpha value is -1.46. The SMILES string of the molecule is CNc1nc(Cc2ccccc2Br)nc2sc(C)c(C)c12. The summed E-state index contributed by atoms with van der Waals surface area (Å²) in [4.78, 5) is 11.8. The van der Waals surface area contributed by atoms with Crippen LogP contribution in [0.1, 0.15) is 21.8 Å². The van der Waals surface area contributed by atoms with Gasteiger partial charge in [0.25, 0.3) is 0 Å². The van der Waals surface area contributed by atoms with Gasteiger partial charge < -0.3 is 5.32 Å². The molecule has 3 rings (SSSR count). The monoisotopic (exact) mass is 361 g/mol. The molecule has 0 unspecified atom stereocenters. The summed E-state index contributed by atoms with van der Waals surface area (Å²) in [6.07, 6.45) is 0.724. The van der Waals surface area contributed by atoms with E-state index >= 15 is 0 Å². The van der Waals surface area contributed by atoms with Crippen LogP contribution in [0.4, 0.5) is 5.82 Å². The van der Waals surface area contributed by atoms with Crippen molar-refractivity contribution in [2.45, 2.75) is 20.3 Å². The summed E-state index contributed by atoms with van der Waals surface area (Å²) in [5.41, 5.74) is 2.47. The number of nitrogens with one attached hydrogen (secondary N) is 1. The van der Waals surface area contributed by atoms with Crippen molar-refractivity contribution in [1.29, 1.82) is 0 Å². The minimum atomic E-state index is 0.724. The number of rotatable bonds is 3. The van der Waals surface area contributed by atoms with Crippen LogP contribution in [0.2, 0.25) is 0 Å². The Kier molecular flexibility index (Phi) is 3.95. The standard InChI is InChI=1S/C16H16BrN3S/c1-9-10(2)21-16-14(9)15(18-3)19-13(20-16)8-11-6-4-5-7-12(11)17/h4-7H,8H2,1-3H3,(H,18,19,20). The largest absolute Gasteiger partial charge is 0.372 e. The number of anilines is 1. The molecule has 0 aliphatic rings. The molecule has 0 aliphatic carbocycles. The van der Waals surface area contributed by atoms with E-state index in [1.165, 1.54) is 16.0 Å². The van der Waals surface area contributed by atoms with Gasteiger partial charge in [-0.05, 0) is 31.0 Å². The first-order valence-electron chi connectivity index (χ1n) is 6.78. The zero-order chi connectivity index (χ0) is 15.0. The van der Waals surface area contributed by atoms with Crippen LogP contribution >= 0.6 is 27.3 Å². The van der Waals surface area contributed by atoms with Crippen LogP contribution in [0.25, 0.3) is 10.2 Å². The van der Waals surface area contributed by atoms with E-state index in [0.717, 1.165) is 32.8 Å². The second-order valence-electron chi connectivity index (χ2n) is 4.97. The van der Waals surface area contributed by atoms with E-state index in [-0.39, 0.29) is 0 Å². The number of aryl methyl sites for hydroxylation is 2. The lowest BCUT2D eigenvalue weighted by Gasteiger charge is -2.07. The van der Waals surface area contributed by atoms with Crippen molar-refractivity contribution in [3.05, 3.63) is 50.6 Å². The van der Waals surface area contributed by atoms with Gasteiger partial charge in [-0.1, -0.05) is 34.1 Å². The first kappa shape index (κ1) is 14.5. The summed E-state index contributed by atoms with van der Waals surface area (Å²) in [6, 6.07) is 8.20. The van der Waals surface area contributed by atoms with E-state index < -0.39 is 0 Å². The zero-order valence-electron chi connectivity index (χ0n) is 12.2. The Morgan fingerprint density at radius 2 is 1.95 bits per heavy atom. The number of nitrogens with zero attached hydrogens (tertiary/aromatic N) is 2. The van der Waals surface area contributed by atoms with Crippen LogP contribution in [0.5, 0.6) is 0 Å². The van der Waals surface area contributed by atoms with Gasteiger partial charge in [0.1, 0.15) is 16.5 Å². The molecule has 21 heavy (non-hydrogen) atoms. The molecule has 3 aromatic rings. The normalized spacial score (nSPS) is 11.0. The van der Waals surface area contributed by atoms with Crippen LogP contribution < -0.4 is 5.32 Å². The Morgan fingerprint density at radius 1 is 1.19 bits per heavy atom. The summed E-state index contributed by atoms with van der Waals surface area (Å²) >= 11 is 5.32. The second-order valence-corrected chi connectivity index (χ2v) is 7.03. The van der Waals surface area contributed by atoms with Crippen molar-refractivity contribution in [2.75, 3.05) is 12.4 Å². The summed E-state index contributed by atoms with van der Waals surface area (Å²) in [5.74, 6) is 1.77. The lowest BCUT2D eigenvalue weighted by molar-refractivity contribution is 0.992. The Morgan fingerprint density at radius 3 is 2.67 bits per heavy atom. The molecule has 3 nitrogen and oxygen atoms in total. The van der Waals surface area contributed by atoms with E-state index in [1.54, 1.807) is 11.3 Å². The second kappa shape index (κ2) is 5.73. The van der Waals surface area contributed by atoms with Crippen molar-refractivity contribution >= 4 is 43.3 Å². The van der Waals surface area contributed by atoms with E-state index in [4.69, 9.17) is 9.97 Å². The maximum Gasteiger partial charge on any atom is 0.138 e. The highest BCUT2D eigenvalue weighted by Gasteiger charge is 2.14. The van der Waals surface area contributed by atoms with E-state index in [2.05, 4.69) is 41.2 Å². The summed E-state index contributed by atoms with van der Waals surface area (Å²) in [5, 5.41) is 4.36. The van der Waals surface area contributed by atoms with Crippen molar-refractivity contribution in [2.24, 2.45) is 0 Å². The minimum absolute atomic E-state index is 0.724. The van der Waals surface area contributed by atoms with Crippen LogP contribution in [-0.2, 0) is 6.42 Å². The van der Waals surface area contributed by atoms with Crippen molar-refractivity contribution in [1.82, 2.24) is 9.97 Å². The number of halogens is 1. The highest BCUT2D eigenvalue weighted by Crippen LogP contribution is 2.33. The molecule has 0 atom stereocenters. The molecule has 0 saturated heterocycles. The van der Waals surface area contributed by atoms with Gasteiger partial charge in [-0.3, -0.25) is 0 Å². The van der Waals surface area contributed by atoms with Crippen molar-refractivity contribution in [3.8, 4) is 0 Å². The molecular formula is C16H16BrN3S. The summed E-state index contributed by atoms with van der Waals surface area (Å²) < 4.78 is 1.10. The molecule has 0 spiro atoms. The first-order chi connectivity index (χ1) is 10.1. The molecule has 1 aromatic carbocycles. The van der Waals surface area contributed by atoms with Gasteiger partial charge in [-0.2, -0.15) is 0 Å². The zero-order valence-corrected chi connectivity index (χ0v) is 14.6. The van der Waals surface area contributed by atoms with Crippen LogP contribution in [0.3, 0.4) is 0 Å². The van der Waals surface area contributed by atoms with E-state index in [0.29, 0.717) is 0 Å².